The zero-order valence-electron chi connectivity index (χ0n) is 12.4. The molecule has 0 heterocycles. The van der Waals surface area contributed by atoms with E-state index in [1.807, 2.05) is 0 Å². The van der Waals surface area contributed by atoms with E-state index in [-0.39, 0.29) is 0 Å². The summed E-state index contributed by atoms with van der Waals surface area (Å²) in [6, 6.07) is 9.73. The maximum absolute atomic E-state index is 3.76. The number of benzene rings is 1. The third kappa shape index (κ3) is 4.08. The summed E-state index contributed by atoms with van der Waals surface area (Å²) in [6.07, 6.45) is 8.30. The van der Waals surface area contributed by atoms with Crippen molar-refractivity contribution in [2.24, 2.45) is 17.8 Å². The molecule has 0 bridgehead atoms. The first-order valence-electron chi connectivity index (χ1n) is 8.18. The first kappa shape index (κ1) is 14.6. The Labute approximate surface area is 131 Å². The highest BCUT2D eigenvalue weighted by Crippen LogP contribution is 2.36. The van der Waals surface area contributed by atoms with Crippen LogP contribution in [0.1, 0.15) is 44.6 Å². The summed E-state index contributed by atoms with van der Waals surface area (Å²) in [5.74, 6) is 2.65. The van der Waals surface area contributed by atoms with Gasteiger partial charge in [-0.25, -0.2) is 0 Å². The van der Waals surface area contributed by atoms with Crippen LogP contribution in [-0.4, -0.2) is 12.6 Å². The van der Waals surface area contributed by atoms with Gasteiger partial charge < -0.3 is 5.32 Å². The standard InChI is InChI=1S/C18H26BrN/c1-13-5-6-15(12-20-18-7-8-18)16(9-13)10-14-3-2-4-17(19)11-14/h2-4,11,13,15-16,18,20H,5-10,12H2,1H3. The summed E-state index contributed by atoms with van der Waals surface area (Å²) >= 11 is 3.60. The molecule has 3 rings (SSSR count). The van der Waals surface area contributed by atoms with Crippen LogP contribution in [0.2, 0.25) is 0 Å². The molecule has 0 radical (unpaired) electrons. The fourth-order valence-corrected chi connectivity index (χ4v) is 4.10. The molecule has 0 aromatic heterocycles. The van der Waals surface area contributed by atoms with Gasteiger partial charge in [-0.15, -0.1) is 0 Å². The van der Waals surface area contributed by atoms with E-state index in [2.05, 4.69) is 52.4 Å². The Hall–Kier alpha value is -0.340. The Bertz CT molecular complexity index is 441. The summed E-state index contributed by atoms with van der Waals surface area (Å²) < 4.78 is 1.21. The first-order chi connectivity index (χ1) is 9.70. The van der Waals surface area contributed by atoms with Gasteiger partial charge in [0.1, 0.15) is 0 Å². The molecule has 2 heteroatoms. The number of halogens is 1. The van der Waals surface area contributed by atoms with Gasteiger partial charge in [0.25, 0.3) is 0 Å². The van der Waals surface area contributed by atoms with E-state index in [0.29, 0.717) is 0 Å². The van der Waals surface area contributed by atoms with E-state index >= 15 is 0 Å². The predicted molar refractivity (Wildman–Crippen MR) is 88.9 cm³/mol. The van der Waals surface area contributed by atoms with Crippen LogP contribution in [0.15, 0.2) is 28.7 Å². The first-order valence-corrected chi connectivity index (χ1v) is 8.98. The molecule has 1 aromatic carbocycles. The minimum absolute atomic E-state index is 0.848. The van der Waals surface area contributed by atoms with E-state index in [1.165, 1.54) is 55.1 Å². The van der Waals surface area contributed by atoms with Crippen LogP contribution in [0.25, 0.3) is 0 Å². The summed E-state index contributed by atoms with van der Waals surface area (Å²) in [6.45, 7) is 3.68. The fourth-order valence-electron chi connectivity index (χ4n) is 3.65. The molecule has 1 nitrogen and oxygen atoms in total. The number of hydrogen-bond donors (Lipinski definition) is 1. The lowest BCUT2D eigenvalue weighted by Gasteiger charge is -2.35. The van der Waals surface area contributed by atoms with Crippen molar-refractivity contribution in [2.75, 3.05) is 6.54 Å². The molecule has 20 heavy (non-hydrogen) atoms. The maximum atomic E-state index is 3.76. The smallest absolute Gasteiger partial charge is 0.0177 e. The maximum Gasteiger partial charge on any atom is 0.0177 e. The zero-order valence-corrected chi connectivity index (χ0v) is 14.0. The molecule has 3 unspecified atom stereocenters. The number of hydrogen-bond acceptors (Lipinski definition) is 1. The van der Waals surface area contributed by atoms with Crippen molar-refractivity contribution < 1.29 is 0 Å². The molecule has 110 valence electrons. The van der Waals surface area contributed by atoms with Crippen molar-refractivity contribution in [1.82, 2.24) is 5.32 Å². The third-order valence-corrected chi connectivity index (χ3v) is 5.53. The summed E-state index contributed by atoms with van der Waals surface area (Å²) in [5, 5.41) is 3.76. The van der Waals surface area contributed by atoms with Crippen LogP contribution >= 0.6 is 15.9 Å². The lowest BCUT2D eigenvalue weighted by molar-refractivity contribution is 0.183. The Balaban J connectivity index is 1.62. The normalized spacial score (nSPS) is 30.4. The van der Waals surface area contributed by atoms with Crippen LogP contribution in [0.4, 0.5) is 0 Å². The minimum atomic E-state index is 0.848. The van der Waals surface area contributed by atoms with Gasteiger partial charge in [-0.05, 0) is 74.1 Å². The second kappa shape index (κ2) is 6.62. The minimum Gasteiger partial charge on any atom is -0.314 e. The average molecular weight is 336 g/mol. The summed E-state index contributed by atoms with van der Waals surface area (Å²) in [4.78, 5) is 0. The Morgan fingerprint density at radius 3 is 2.75 bits per heavy atom. The highest BCUT2D eigenvalue weighted by atomic mass is 79.9. The van der Waals surface area contributed by atoms with Crippen LogP contribution < -0.4 is 5.32 Å². The van der Waals surface area contributed by atoms with E-state index in [4.69, 9.17) is 0 Å². The molecule has 0 aliphatic heterocycles. The molecule has 3 atom stereocenters. The van der Waals surface area contributed by atoms with Gasteiger partial charge in [0.2, 0.25) is 0 Å². The van der Waals surface area contributed by atoms with Gasteiger partial charge in [0, 0.05) is 10.5 Å². The Kier molecular flexibility index (Phi) is 4.83. The van der Waals surface area contributed by atoms with Crippen LogP contribution in [0, 0.1) is 17.8 Å². The van der Waals surface area contributed by atoms with Crippen molar-refractivity contribution >= 4 is 15.9 Å². The van der Waals surface area contributed by atoms with Crippen molar-refractivity contribution in [3.8, 4) is 0 Å². The number of rotatable bonds is 5. The van der Waals surface area contributed by atoms with Crippen molar-refractivity contribution in [2.45, 2.75) is 51.5 Å². The molecule has 1 aromatic rings. The average Bonchev–Trinajstić information content (AvgIpc) is 3.22. The molecule has 2 saturated carbocycles. The Morgan fingerprint density at radius 1 is 1.15 bits per heavy atom. The molecular weight excluding hydrogens is 310 g/mol. The van der Waals surface area contributed by atoms with Gasteiger partial charge in [0.15, 0.2) is 0 Å². The highest BCUT2D eigenvalue weighted by molar-refractivity contribution is 9.10. The Morgan fingerprint density at radius 2 is 2.00 bits per heavy atom. The van der Waals surface area contributed by atoms with E-state index in [1.54, 1.807) is 0 Å². The van der Waals surface area contributed by atoms with Crippen molar-refractivity contribution in [3.63, 3.8) is 0 Å². The second-order valence-electron chi connectivity index (χ2n) is 6.95. The summed E-state index contributed by atoms with van der Waals surface area (Å²) in [5.41, 5.74) is 1.50. The molecule has 2 aliphatic rings. The van der Waals surface area contributed by atoms with Gasteiger partial charge in [-0.3, -0.25) is 0 Å². The van der Waals surface area contributed by atoms with E-state index in [9.17, 15) is 0 Å². The molecule has 0 spiro atoms. The quantitative estimate of drug-likeness (QED) is 0.815. The number of nitrogens with one attached hydrogen (secondary N) is 1. The molecule has 1 N–H and O–H groups in total. The predicted octanol–water partition coefficient (Wildman–Crippen LogP) is 4.80. The monoisotopic (exact) mass is 335 g/mol. The molecule has 0 saturated heterocycles. The van der Waals surface area contributed by atoms with Gasteiger partial charge >= 0.3 is 0 Å². The second-order valence-corrected chi connectivity index (χ2v) is 7.87. The SMILES string of the molecule is CC1CCC(CNC2CC2)C(Cc2cccc(Br)c2)C1. The van der Waals surface area contributed by atoms with Gasteiger partial charge in [-0.2, -0.15) is 0 Å². The third-order valence-electron chi connectivity index (χ3n) is 5.04. The van der Waals surface area contributed by atoms with E-state index in [0.717, 1.165) is 23.8 Å². The van der Waals surface area contributed by atoms with Gasteiger partial charge in [0.05, 0.1) is 0 Å². The van der Waals surface area contributed by atoms with Crippen LogP contribution in [-0.2, 0) is 6.42 Å². The topological polar surface area (TPSA) is 12.0 Å². The molecule has 0 amide bonds. The van der Waals surface area contributed by atoms with Crippen LogP contribution in [0.5, 0.6) is 0 Å². The highest BCUT2D eigenvalue weighted by Gasteiger charge is 2.30. The lowest BCUT2D eigenvalue weighted by Crippen LogP contribution is -2.34. The molecule has 2 aliphatic carbocycles. The van der Waals surface area contributed by atoms with Crippen LogP contribution in [0.3, 0.4) is 0 Å². The van der Waals surface area contributed by atoms with Gasteiger partial charge in [-0.1, -0.05) is 41.4 Å². The van der Waals surface area contributed by atoms with E-state index < -0.39 is 0 Å². The lowest BCUT2D eigenvalue weighted by atomic mass is 9.72. The largest absolute Gasteiger partial charge is 0.314 e. The zero-order chi connectivity index (χ0) is 13.9. The molecule has 2 fully saturated rings. The summed E-state index contributed by atoms with van der Waals surface area (Å²) in [7, 11) is 0. The van der Waals surface area contributed by atoms with Crippen molar-refractivity contribution in [3.05, 3.63) is 34.3 Å². The molecular formula is C18H26BrN. The fraction of sp³-hybridized carbons (Fsp3) is 0.667. The van der Waals surface area contributed by atoms with Crippen molar-refractivity contribution in [1.29, 1.82) is 0 Å².